The Morgan fingerprint density at radius 2 is 2.33 bits per heavy atom. The fraction of sp³-hybridized carbons (Fsp3) is 0.600. The first-order chi connectivity index (χ1) is 8.57. The summed E-state index contributed by atoms with van der Waals surface area (Å²) in [6.45, 7) is 0.321. The van der Waals surface area contributed by atoms with E-state index in [4.69, 9.17) is 0 Å². The van der Waals surface area contributed by atoms with Crippen molar-refractivity contribution in [3.63, 3.8) is 0 Å². The highest BCUT2D eigenvalue weighted by atomic mass is 32.2. The first-order valence-corrected chi connectivity index (χ1v) is 7.10. The van der Waals surface area contributed by atoms with E-state index in [1.54, 1.807) is 0 Å². The number of hydrogen-bond donors (Lipinski definition) is 1. The Labute approximate surface area is 105 Å². The number of nitrogens with zero attached hydrogens (tertiary/aromatic N) is 2. The second kappa shape index (κ2) is 5.07. The zero-order chi connectivity index (χ0) is 13.2. The van der Waals surface area contributed by atoms with Gasteiger partial charge < -0.3 is 4.74 Å². The zero-order valence-electron chi connectivity index (χ0n) is 10.00. The van der Waals surface area contributed by atoms with Crippen LogP contribution in [0.3, 0.4) is 0 Å². The molecule has 1 aromatic rings. The lowest BCUT2D eigenvalue weighted by molar-refractivity contribution is -0.146. The third kappa shape index (κ3) is 2.25. The van der Waals surface area contributed by atoms with E-state index in [1.165, 1.54) is 23.7 Å². The molecule has 2 rings (SSSR count). The van der Waals surface area contributed by atoms with Crippen molar-refractivity contribution < 1.29 is 17.9 Å². The van der Waals surface area contributed by atoms with Crippen LogP contribution in [0.15, 0.2) is 17.3 Å². The van der Waals surface area contributed by atoms with E-state index in [0.29, 0.717) is 13.0 Å². The Morgan fingerprint density at radius 1 is 1.56 bits per heavy atom. The minimum atomic E-state index is -3.71. The number of rotatable bonds is 3. The van der Waals surface area contributed by atoms with Gasteiger partial charge in [0.25, 0.3) is 10.0 Å². The number of carbonyl (C=O) groups excluding carboxylic acids is 1. The van der Waals surface area contributed by atoms with Crippen LogP contribution in [0.5, 0.6) is 0 Å². The summed E-state index contributed by atoms with van der Waals surface area (Å²) < 4.78 is 30.5. The highest BCUT2D eigenvalue weighted by Crippen LogP contribution is 2.24. The molecule has 0 amide bonds. The summed E-state index contributed by atoms with van der Waals surface area (Å²) in [4.78, 5) is 11.6. The summed E-state index contributed by atoms with van der Waals surface area (Å²) in [6.07, 6.45) is 3.40. The van der Waals surface area contributed by atoms with Gasteiger partial charge in [0, 0.05) is 6.54 Å². The summed E-state index contributed by atoms with van der Waals surface area (Å²) in [5.41, 5.74) is 0. The topological polar surface area (TPSA) is 92.4 Å². The largest absolute Gasteiger partial charge is 0.468 e. The van der Waals surface area contributed by atoms with Crippen molar-refractivity contribution in [2.75, 3.05) is 13.7 Å². The molecule has 1 aliphatic heterocycles. The molecule has 8 heteroatoms. The maximum absolute atomic E-state index is 12.3. The van der Waals surface area contributed by atoms with E-state index in [0.717, 1.165) is 12.8 Å². The van der Waals surface area contributed by atoms with Gasteiger partial charge in [0.15, 0.2) is 5.03 Å². The van der Waals surface area contributed by atoms with Crippen molar-refractivity contribution in [1.29, 1.82) is 0 Å². The molecule has 0 aromatic carbocycles. The number of esters is 1. The van der Waals surface area contributed by atoms with E-state index in [-0.39, 0.29) is 5.03 Å². The highest BCUT2D eigenvalue weighted by Gasteiger charge is 2.38. The molecule has 1 N–H and O–H groups in total. The number of ether oxygens (including phenoxy) is 1. The number of aromatic nitrogens is 2. The Morgan fingerprint density at radius 3 is 2.94 bits per heavy atom. The van der Waals surface area contributed by atoms with Crippen molar-refractivity contribution in [3.05, 3.63) is 12.3 Å². The van der Waals surface area contributed by atoms with Gasteiger partial charge in [-0.25, -0.2) is 8.42 Å². The summed E-state index contributed by atoms with van der Waals surface area (Å²) >= 11 is 0. The lowest BCUT2D eigenvalue weighted by Crippen LogP contribution is -2.48. The number of methoxy groups -OCH3 is 1. The Balaban J connectivity index is 2.32. The zero-order valence-corrected chi connectivity index (χ0v) is 10.8. The quantitative estimate of drug-likeness (QED) is 0.790. The van der Waals surface area contributed by atoms with Crippen molar-refractivity contribution in [2.45, 2.75) is 30.3 Å². The van der Waals surface area contributed by atoms with Crippen LogP contribution in [0.4, 0.5) is 0 Å². The second-order valence-electron chi connectivity index (χ2n) is 4.07. The summed E-state index contributed by atoms with van der Waals surface area (Å²) in [5.74, 6) is -0.516. The van der Waals surface area contributed by atoms with Crippen molar-refractivity contribution in [2.24, 2.45) is 0 Å². The molecule has 0 spiro atoms. The van der Waals surface area contributed by atoms with Crippen LogP contribution in [-0.2, 0) is 19.6 Å². The van der Waals surface area contributed by atoms with Gasteiger partial charge in [0.1, 0.15) is 6.04 Å². The van der Waals surface area contributed by atoms with Crippen molar-refractivity contribution in [1.82, 2.24) is 14.5 Å². The smallest absolute Gasteiger partial charge is 0.324 e. The lowest BCUT2D eigenvalue weighted by Gasteiger charge is -2.32. The minimum absolute atomic E-state index is 0.00157. The van der Waals surface area contributed by atoms with Gasteiger partial charge in [-0.2, -0.15) is 9.40 Å². The molecular formula is C10H15N3O4S. The van der Waals surface area contributed by atoms with E-state index >= 15 is 0 Å². The van der Waals surface area contributed by atoms with Gasteiger partial charge in [-0.1, -0.05) is 0 Å². The average Bonchev–Trinajstić information content (AvgIpc) is 2.92. The molecule has 2 heterocycles. The van der Waals surface area contributed by atoms with E-state index < -0.39 is 22.0 Å². The minimum Gasteiger partial charge on any atom is -0.468 e. The number of H-pyrrole nitrogens is 1. The molecule has 1 fully saturated rings. The van der Waals surface area contributed by atoms with E-state index in [2.05, 4.69) is 14.9 Å². The number of carbonyl (C=O) groups is 1. The van der Waals surface area contributed by atoms with Gasteiger partial charge in [0.2, 0.25) is 0 Å². The second-order valence-corrected chi connectivity index (χ2v) is 5.93. The molecule has 1 atom stereocenters. The predicted molar refractivity (Wildman–Crippen MR) is 62.1 cm³/mol. The van der Waals surface area contributed by atoms with Gasteiger partial charge in [-0.3, -0.25) is 9.89 Å². The third-order valence-corrected chi connectivity index (χ3v) is 4.83. The fourth-order valence-corrected chi connectivity index (χ4v) is 3.63. The maximum Gasteiger partial charge on any atom is 0.324 e. The van der Waals surface area contributed by atoms with E-state index in [1.807, 2.05) is 0 Å². The van der Waals surface area contributed by atoms with Crippen LogP contribution in [0.2, 0.25) is 0 Å². The molecule has 7 nitrogen and oxygen atoms in total. The standard InChI is InChI=1S/C10H15N3O4S/c1-17-10(14)8-4-2-3-7-13(8)18(15,16)9-5-6-11-12-9/h5-6,8H,2-4,7H2,1H3,(H,11,12)/t8-/m1/s1. The molecule has 1 aromatic heterocycles. The first-order valence-electron chi connectivity index (χ1n) is 5.66. The van der Waals surface area contributed by atoms with Gasteiger partial charge in [-0.05, 0) is 25.3 Å². The molecule has 0 aliphatic carbocycles. The first kappa shape index (κ1) is 13.0. The predicted octanol–water partition coefficient (Wildman–Crippen LogP) is 0.126. The third-order valence-electron chi connectivity index (χ3n) is 2.99. The summed E-state index contributed by atoms with van der Waals surface area (Å²) in [5, 5.41) is 6.05. The molecule has 100 valence electrons. The highest BCUT2D eigenvalue weighted by molar-refractivity contribution is 7.89. The number of sulfonamides is 1. The Hall–Kier alpha value is -1.41. The molecule has 0 saturated carbocycles. The van der Waals surface area contributed by atoms with Gasteiger partial charge >= 0.3 is 5.97 Å². The normalized spacial score (nSPS) is 21.7. The average molecular weight is 273 g/mol. The van der Waals surface area contributed by atoms with Crippen molar-refractivity contribution >= 4 is 16.0 Å². The van der Waals surface area contributed by atoms with Gasteiger partial charge in [0.05, 0.1) is 13.3 Å². The number of piperidine rings is 1. The Kier molecular flexibility index (Phi) is 3.67. The number of nitrogens with one attached hydrogen (secondary N) is 1. The molecule has 0 bridgehead atoms. The SMILES string of the molecule is COC(=O)[C@H]1CCCCN1S(=O)(=O)c1ccn[nH]1. The maximum atomic E-state index is 12.3. The van der Waals surface area contributed by atoms with Crippen LogP contribution in [-0.4, -0.2) is 48.6 Å². The van der Waals surface area contributed by atoms with Crippen LogP contribution in [0.25, 0.3) is 0 Å². The van der Waals surface area contributed by atoms with Gasteiger partial charge in [-0.15, -0.1) is 0 Å². The molecule has 0 unspecified atom stereocenters. The van der Waals surface area contributed by atoms with Crippen LogP contribution < -0.4 is 0 Å². The lowest BCUT2D eigenvalue weighted by atomic mass is 10.1. The van der Waals surface area contributed by atoms with E-state index in [9.17, 15) is 13.2 Å². The van der Waals surface area contributed by atoms with Crippen LogP contribution in [0, 0.1) is 0 Å². The van der Waals surface area contributed by atoms with Crippen molar-refractivity contribution in [3.8, 4) is 0 Å². The molecule has 0 radical (unpaired) electrons. The number of aromatic amines is 1. The number of hydrogen-bond acceptors (Lipinski definition) is 5. The molecule has 1 aliphatic rings. The van der Waals surface area contributed by atoms with Crippen LogP contribution >= 0.6 is 0 Å². The molecular weight excluding hydrogens is 258 g/mol. The summed E-state index contributed by atoms with van der Waals surface area (Å²) in [6, 6.07) is 0.634. The monoisotopic (exact) mass is 273 g/mol. The van der Waals surface area contributed by atoms with Crippen LogP contribution in [0.1, 0.15) is 19.3 Å². The molecule has 1 saturated heterocycles. The molecule has 18 heavy (non-hydrogen) atoms. The Bertz CT molecular complexity index is 511. The summed E-state index contributed by atoms with van der Waals surface area (Å²) in [7, 11) is -2.45. The fourth-order valence-electron chi connectivity index (χ4n) is 2.08.